The average Bonchev–Trinajstić information content (AvgIpc) is 3.05. The maximum atomic E-state index is 13.7. The summed E-state index contributed by atoms with van der Waals surface area (Å²) in [5, 5.41) is 0. The van der Waals surface area contributed by atoms with E-state index in [0.717, 1.165) is 12.5 Å². The normalized spacial score (nSPS) is 21.2. The van der Waals surface area contributed by atoms with Gasteiger partial charge < -0.3 is 4.90 Å². The molecule has 1 aliphatic rings. The van der Waals surface area contributed by atoms with E-state index in [4.69, 9.17) is 10.7 Å². The molecule has 2 atom stereocenters. The number of carbonyl (C=O) groups excluding carboxylic acids is 1. The molecule has 0 aromatic heterocycles. The molecule has 1 amide bonds. The third kappa shape index (κ3) is 3.52. The van der Waals surface area contributed by atoms with Crippen LogP contribution in [0.25, 0.3) is 0 Å². The number of benzene rings is 1. The second-order valence-electron chi connectivity index (χ2n) is 5.36. The standard InChI is InChI=1S/C13H14ClF2NO3S/c1-7-3-8(7)6-17(2)13(18)10-4-9(21(14,19)20)5-11(15)12(10)16/h4-5,7-8H,3,6H2,1-2H3. The Morgan fingerprint density at radius 3 is 2.48 bits per heavy atom. The van der Waals surface area contributed by atoms with Crippen molar-refractivity contribution >= 4 is 25.6 Å². The van der Waals surface area contributed by atoms with E-state index in [0.29, 0.717) is 24.4 Å². The minimum atomic E-state index is -4.25. The average molecular weight is 338 g/mol. The van der Waals surface area contributed by atoms with E-state index in [9.17, 15) is 22.0 Å². The van der Waals surface area contributed by atoms with E-state index in [2.05, 4.69) is 0 Å². The summed E-state index contributed by atoms with van der Waals surface area (Å²) in [6.45, 7) is 2.45. The van der Waals surface area contributed by atoms with E-state index in [-0.39, 0.29) is 0 Å². The monoisotopic (exact) mass is 337 g/mol. The van der Waals surface area contributed by atoms with Gasteiger partial charge >= 0.3 is 0 Å². The summed E-state index contributed by atoms with van der Waals surface area (Å²) >= 11 is 0. The second-order valence-corrected chi connectivity index (χ2v) is 7.93. The van der Waals surface area contributed by atoms with E-state index >= 15 is 0 Å². The molecule has 0 N–H and O–H groups in total. The zero-order valence-electron chi connectivity index (χ0n) is 11.4. The van der Waals surface area contributed by atoms with Crippen LogP contribution in [0.3, 0.4) is 0 Å². The van der Waals surface area contributed by atoms with E-state index < -0.39 is 37.1 Å². The summed E-state index contributed by atoms with van der Waals surface area (Å²) in [4.78, 5) is 12.8. The van der Waals surface area contributed by atoms with Gasteiger partial charge in [0.1, 0.15) is 0 Å². The van der Waals surface area contributed by atoms with Crippen molar-refractivity contribution in [3.05, 3.63) is 29.3 Å². The lowest BCUT2D eigenvalue weighted by molar-refractivity contribution is 0.0781. The molecule has 1 aliphatic carbocycles. The summed E-state index contributed by atoms with van der Waals surface area (Å²) in [5.74, 6) is -2.73. The second kappa shape index (κ2) is 5.53. The number of rotatable bonds is 4. The van der Waals surface area contributed by atoms with Crippen molar-refractivity contribution in [2.75, 3.05) is 13.6 Å². The van der Waals surface area contributed by atoms with Gasteiger partial charge in [0.25, 0.3) is 15.0 Å². The number of nitrogens with zero attached hydrogens (tertiary/aromatic N) is 1. The predicted molar refractivity (Wildman–Crippen MR) is 73.6 cm³/mol. The minimum absolute atomic E-state index is 0.340. The number of halogens is 3. The Labute approximate surface area is 126 Å². The summed E-state index contributed by atoms with van der Waals surface area (Å²) in [6.07, 6.45) is 0.977. The van der Waals surface area contributed by atoms with Gasteiger partial charge in [0.2, 0.25) is 0 Å². The number of hydrogen-bond acceptors (Lipinski definition) is 3. The Hall–Kier alpha value is -1.21. The molecule has 1 aromatic carbocycles. The lowest BCUT2D eigenvalue weighted by atomic mass is 10.1. The highest BCUT2D eigenvalue weighted by atomic mass is 35.7. The molecule has 0 radical (unpaired) electrons. The van der Waals surface area contributed by atoms with Crippen LogP contribution in [0.5, 0.6) is 0 Å². The first-order valence-corrected chi connectivity index (χ1v) is 8.61. The summed E-state index contributed by atoms with van der Waals surface area (Å²) in [6, 6.07) is 1.22. The van der Waals surface area contributed by atoms with Crippen molar-refractivity contribution in [3.8, 4) is 0 Å². The van der Waals surface area contributed by atoms with Crippen LogP contribution in [0, 0.1) is 23.5 Å². The van der Waals surface area contributed by atoms with Crippen molar-refractivity contribution < 1.29 is 22.0 Å². The predicted octanol–water partition coefficient (Wildman–Crippen LogP) is 2.62. The Balaban J connectivity index is 2.33. The Morgan fingerprint density at radius 1 is 1.43 bits per heavy atom. The van der Waals surface area contributed by atoms with Crippen LogP contribution >= 0.6 is 10.7 Å². The van der Waals surface area contributed by atoms with Crippen LogP contribution in [0.15, 0.2) is 17.0 Å². The summed E-state index contributed by atoms with van der Waals surface area (Å²) in [7, 11) is 2.33. The fourth-order valence-electron chi connectivity index (χ4n) is 2.15. The van der Waals surface area contributed by atoms with Gasteiger partial charge in [-0.05, 0) is 30.4 Å². The molecular weight excluding hydrogens is 324 g/mol. The first-order chi connectivity index (χ1) is 9.61. The molecule has 1 aromatic rings. The zero-order chi connectivity index (χ0) is 15.9. The van der Waals surface area contributed by atoms with Crippen LogP contribution in [0.2, 0.25) is 0 Å². The lowest BCUT2D eigenvalue weighted by Gasteiger charge is -2.18. The summed E-state index contributed by atoms with van der Waals surface area (Å²) < 4.78 is 49.7. The van der Waals surface area contributed by atoms with Crippen molar-refractivity contribution in [1.82, 2.24) is 4.90 Å². The quantitative estimate of drug-likeness (QED) is 0.794. The molecule has 116 valence electrons. The molecule has 1 saturated carbocycles. The largest absolute Gasteiger partial charge is 0.341 e. The number of amides is 1. The van der Waals surface area contributed by atoms with Crippen molar-refractivity contribution in [1.29, 1.82) is 0 Å². The lowest BCUT2D eigenvalue weighted by Crippen LogP contribution is -2.30. The highest BCUT2D eigenvalue weighted by Gasteiger charge is 2.35. The maximum Gasteiger partial charge on any atom is 0.261 e. The van der Waals surface area contributed by atoms with Gasteiger partial charge in [0.05, 0.1) is 10.5 Å². The van der Waals surface area contributed by atoms with Gasteiger partial charge in [-0.25, -0.2) is 17.2 Å². The van der Waals surface area contributed by atoms with Crippen LogP contribution in [0.1, 0.15) is 23.7 Å². The molecule has 0 spiro atoms. The van der Waals surface area contributed by atoms with E-state index in [1.165, 1.54) is 11.9 Å². The van der Waals surface area contributed by atoms with Gasteiger partial charge in [-0.3, -0.25) is 4.79 Å². The highest BCUT2D eigenvalue weighted by molar-refractivity contribution is 8.13. The molecule has 21 heavy (non-hydrogen) atoms. The van der Waals surface area contributed by atoms with Crippen LogP contribution in [0.4, 0.5) is 8.78 Å². The van der Waals surface area contributed by atoms with Crippen molar-refractivity contribution in [3.63, 3.8) is 0 Å². The molecule has 0 aliphatic heterocycles. The van der Waals surface area contributed by atoms with Crippen LogP contribution < -0.4 is 0 Å². The molecule has 0 bridgehead atoms. The van der Waals surface area contributed by atoms with Gasteiger partial charge in [-0.1, -0.05) is 6.92 Å². The first-order valence-electron chi connectivity index (χ1n) is 6.30. The topological polar surface area (TPSA) is 54.5 Å². The minimum Gasteiger partial charge on any atom is -0.341 e. The summed E-state index contributed by atoms with van der Waals surface area (Å²) in [5.41, 5.74) is -0.634. The van der Waals surface area contributed by atoms with Gasteiger partial charge in [-0.15, -0.1) is 0 Å². The zero-order valence-corrected chi connectivity index (χ0v) is 13.0. The third-order valence-electron chi connectivity index (χ3n) is 3.64. The first kappa shape index (κ1) is 16.2. The molecule has 8 heteroatoms. The smallest absolute Gasteiger partial charge is 0.261 e. The number of carbonyl (C=O) groups is 1. The molecule has 2 rings (SSSR count). The Bertz CT molecular complexity index is 693. The SMILES string of the molecule is CC1CC1CN(C)C(=O)c1cc(S(=O)(=O)Cl)cc(F)c1F. The van der Waals surface area contributed by atoms with Gasteiger partial charge in [0, 0.05) is 24.3 Å². The van der Waals surface area contributed by atoms with E-state index in [1.807, 2.05) is 6.92 Å². The molecule has 0 saturated heterocycles. The highest BCUT2D eigenvalue weighted by Crippen LogP contribution is 2.38. The third-order valence-corrected chi connectivity index (χ3v) is 4.98. The fraction of sp³-hybridized carbons (Fsp3) is 0.462. The van der Waals surface area contributed by atoms with Gasteiger partial charge in [0.15, 0.2) is 11.6 Å². The van der Waals surface area contributed by atoms with Crippen LogP contribution in [-0.2, 0) is 9.05 Å². The molecular formula is C13H14ClF2NO3S. The molecule has 0 heterocycles. The Kier molecular flexibility index (Phi) is 4.26. The Morgan fingerprint density at radius 2 is 2.00 bits per heavy atom. The maximum absolute atomic E-state index is 13.7. The number of hydrogen-bond donors (Lipinski definition) is 0. The van der Waals surface area contributed by atoms with Crippen LogP contribution in [-0.4, -0.2) is 32.8 Å². The molecule has 1 fully saturated rings. The molecule has 2 unspecified atom stereocenters. The van der Waals surface area contributed by atoms with Crippen molar-refractivity contribution in [2.24, 2.45) is 11.8 Å². The van der Waals surface area contributed by atoms with Crippen molar-refractivity contribution in [2.45, 2.75) is 18.2 Å². The molecule has 4 nitrogen and oxygen atoms in total. The van der Waals surface area contributed by atoms with E-state index in [1.54, 1.807) is 0 Å². The fourth-order valence-corrected chi connectivity index (χ4v) is 2.92. The van der Waals surface area contributed by atoms with Gasteiger partial charge in [-0.2, -0.15) is 0 Å².